The molecule has 2 aliphatic rings. The van der Waals surface area contributed by atoms with E-state index in [0.29, 0.717) is 37.0 Å². The first-order valence-electron chi connectivity index (χ1n) is 9.87. The Bertz CT molecular complexity index is 929. The Balaban J connectivity index is 1.50. The first kappa shape index (κ1) is 19.8. The van der Waals surface area contributed by atoms with Crippen molar-refractivity contribution in [1.29, 1.82) is 0 Å². The third-order valence-electron chi connectivity index (χ3n) is 5.48. The van der Waals surface area contributed by atoms with Crippen LogP contribution in [0, 0.1) is 5.92 Å². The maximum Gasteiger partial charge on any atom is 0.228 e. The summed E-state index contributed by atoms with van der Waals surface area (Å²) in [6.07, 6.45) is 6.57. The lowest BCUT2D eigenvalue weighted by Gasteiger charge is -2.28. The summed E-state index contributed by atoms with van der Waals surface area (Å²) in [5, 5.41) is 10.7. The van der Waals surface area contributed by atoms with Crippen molar-refractivity contribution in [2.75, 3.05) is 11.9 Å². The summed E-state index contributed by atoms with van der Waals surface area (Å²) in [4.78, 5) is 28.4. The first-order chi connectivity index (χ1) is 14.0. The average molecular weight is 418 g/mol. The number of carbonyl (C=O) groups excluding carboxylic acids is 2. The Kier molecular flexibility index (Phi) is 5.82. The Labute approximate surface area is 174 Å². The van der Waals surface area contributed by atoms with Crippen molar-refractivity contribution < 1.29 is 14.3 Å². The minimum Gasteiger partial charge on any atom is -0.373 e. The van der Waals surface area contributed by atoms with E-state index in [1.165, 1.54) is 6.92 Å². The SMILES string of the molecule is CC(=O)N[C@@H]1CCC[C@H](C(=O)Nc2cc(-c3cnn4c3COCC4)c(Cl)cn2)C1. The van der Waals surface area contributed by atoms with E-state index < -0.39 is 0 Å². The molecule has 0 saturated heterocycles. The van der Waals surface area contributed by atoms with Crippen LogP contribution in [0.5, 0.6) is 0 Å². The van der Waals surface area contributed by atoms with E-state index in [2.05, 4.69) is 20.7 Å². The predicted molar refractivity (Wildman–Crippen MR) is 108 cm³/mol. The van der Waals surface area contributed by atoms with Crippen molar-refractivity contribution >= 4 is 29.2 Å². The fourth-order valence-corrected chi connectivity index (χ4v) is 4.29. The lowest BCUT2D eigenvalue weighted by molar-refractivity contribution is -0.123. The highest BCUT2D eigenvalue weighted by atomic mass is 35.5. The quantitative estimate of drug-likeness (QED) is 0.797. The molecule has 0 unspecified atom stereocenters. The molecular formula is C20H24ClN5O3. The number of carbonyl (C=O) groups is 2. The molecule has 4 rings (SSSR count). The van der Waals surface area contributed by atoms with Gasteiger partial charge in [0.2, 0.25) is 11.8 Å². The summed E-state index contributed by atoms with van der Waals surface area (Å²) >= 11 is 6.39. The molecule has 0 spiro atoms. The molecule has 29 heavy (non-hydrogen) atoms. The van der Waals surface area contributed by atoms with Crippen molar-refractivity contribution in [1.82, 2.24) is 20.1 Å². The molecule has 0 aromatic carbocycles. The van der Waals surface area contributed by atoms with Gasteiger partial charge in [-0.05, 0) is 25.3 Å². The molecule has 1 aliphatic carbocycles. The molecule has 1 aliphatic heterocycles. The zero-order valence-corrected chi connectivity index (χ0v) is 17.0. The third kappa shape index (κ3) is 4.43. The van der Waals surface area contributed by atoms with Crippen LogP contribution in [0.2, 0.25) is 5.02 Å². The van der Waals surface area contributed by atoms with Gasteiger partial charge in [-0.25, -0.2) is 4.98 Å². The van der Waals surface area contributed by atoms with Crippen LogP contribution in [-0.2, 0) is 27.5 Å². The molecule has 2 aromatic heterocycles. The number of hydrogen-bond donors (Lipinski definition) is 2. The van der Waals surface area contributed by atoms with Gasteiger partial charge in [0.05, 0.1) is 36.7 Å². The number of hydrogen-bond acceptors (Lipinski definition) is 5. The summed E-state index contributed by atoms with van der Waals surface area (Å²) in [5.41, 5.74) is 2.62. The van der Waals surface area contributed by atoms with Crippen molar-refractivity contribution in [2.45, 2.75) is 51.8 Å². The van der Waals surface area contributed by atoms with Gasteiger partial charge in [-0.3, -0.25) is 14.3 Å². The summed E-state index contributed by atoms with van der Waals surface area (Å²) in [6.45, 7) is 3.32. The number of fused-ring (bicyclic) bond motifs is 1. The Morgan fingerprint density at radius 1 is 1.28 bits per heavy atom. The van der Waals surface area contributed by atoms with Crippen LogP contribution in [0.1, 0.15) is 38.3 Å². The van der Waals surface area contributed by atoms with E-state index in [1.807, 2.05) is 4.68 Å². The summed E-state index contributed by atoms with van der Waals surface area (Å²) in [6, 6.07) is 1.82. The molecule has 9 heteroatoms. The van der Waals surface area contributed by atoms with E-state index >= 15 is 0 Å². The second kappa shape index (κ2) is 8.51. The van der Waals surface area contributed by atoms with Gasteiger partial charge in [0.15, 0.2) is 0 Å². The molecule has 3 heterocycles. The van der Waals surface area contributed by atoms with Gasteiger partial charge in [-0.2, -0.15) is 5.10 Å². The number of ether oxygens (including phenoxy) is 1. The van der Waals surface area contributed by atoms with Crippen LogP contribution in [0.15, 0.2) is 18.5 Å². The highest BCUT2D eigenvalue weighted by molar-refractivity contribution is 6.33. The molecule has 1 fully saturated rings. The third-order valence-corrected chi connectivity index (χ3v) is 5.79. The van der Waals surface area contributed by atoms with Crippen LogP contribution >= 0.6 is 11.6 Å². The number of rotatable bonds is 4. The second-order valence-electron chi connectivity index (χ2n) is 7.58. The largest absolute Gasteiger partial charge is 0.373 e. The summed E-state index contributed by atoms with van der Waals surface area (Å²) in [7, 11) is 0. The maximum atomic E-state index is 12.8. The van der Waals surface area contributed by atoms with Crippen molar-refractivity contribution in [2.24, 2.45) is 5.92 Å². The number of amides is 2. The number of halogens is 1. The number of pyridine rings is 1. The molecule has 2 amide bonds. The maximum absolute atomic E-state index is 12.8. The number of nitrogens with zero attached hydrogens (tertiary/aromatic N) is 3. The molecule has 0 bridgehead atoms. The number of aromatic nitrogens is 3. The van der Waals surface area contributed by atoms with Gasteiger partial charge in [-0.15, -0.1) is 0 Å². The van der Waals surface area contributed by atoms with Gasteiger partial charge in [0, 0.05) is 36.2 Å². The Morgan fingerprint density at radius 2 is 2.14 bits per heavy atom. The minimum atomic E-state index is -0.154. The van der Waals surface area contributed by atoms with Crippen LogP contribution < -0.4 is 10.6 Å². The van der Waals surface area contributed by atoms with Crippen molar-refractivity contribution in [3.8, 4) is 11.1 Å². The molecule has 2 N–H and O–H groups in total. The van der Waals surface area contributed by atoms with Gasteiger partial charge in [0.1, 0.15) is 5.82 Å². The molecule has 154 valence electrons. The fourth-order valence-electron chi connectivity index (χ4n) is 4.09. The predicted octanol–water partition coefficient (Wildman–Crippen LogP) is 2.76. The van der Waals surface area contributed by atoms with E-state index in [-0.39, 0.29) is 23.8 Å². The standard InChI is InChI=1S/C20H24ClN5O3/c1-12(27)24-14-4-2-3-13(7-14)20(28)25-19-8-15(17(21)10-22-19)16-9-23-26-5-6-29-11-18(16)26/h8-10,13-14H,2-7,11H2,1H3,(H,24,27)(H,22,25,28)/t13-,14+/m0/s1. The van der Waals surface area contributed by atoms with Gasteiger partial charge >= 0.3 is 0 Å². The smallest absolute Gasteiger partial charge is 0.228 e. The Morgan fingerprint density at radius 3 is 2.97 bits per heavy atom. The molecule has 2 aromatic rings. The highest BCUT2D eigenvalue weighted by Crippen LogP contribution is 2.33. The average Bonchev–Trinajstić information content (AvgIpc) is 3.13. The van der Waals surface area contributed by atoms with Gasteiger partial charge < -0.3 is 15.4 Å². The molecule has 2 atom stereocenters. The number of anilines is 1. The summed E-state index contributed by atoms with van der Waals surface area (Å²) < 4.78 is 7.46. The fraction of sp³-hybridized carbons (Fsp3) is 0.500. The van der Waals surface area contributed by atoms with Gasteiger partial charge in [-0.1, -0.05) is 18.0 Å². The first-order valence-corrected chi connectivity index (χ1v) is 10.3. The van der Waals surface area contributed by atoms with Gasteiger partial charge in [0.25, 0.3) is 0 Å². The zero-order chi connectivity index (χ0) is 20.4. The zero-order valence-electron chi connectivity index (χ0n) is 16.3. The normalized spacial score (nSPS) is 21.3. The van der Waals surface area contributed by atoms with E-state index in [4.69, 9.17) is 16.3 Å². The van der Waals surface area contributed by atoms with Crippen molar-refractivity contribution in [3.63, 3.8) is 0 Å². The summed E-state index contributed by atoms with van der Waals surface area (Å²) in [5.74, 6) is 0.154. The second-order valence-corrected chi connectivity index (χ2v) is 7.99. The minimum absolute atomic E-state index is 0.0460. The monoisotopic (exact) mass is 417 g/mol. The van der Waals surface area contributed by atoms with E-state index in [0.717, 1.165) is 36.1 Å². The topological polar surface area (TPSA) is 98.1 Å². The number of nitrogens with one attached hydrogen (secondary N) is 2. The molecule has 0 radical (unpaired) electrons. The van der Waals surface area contributed by atoms with E-state index in [1.54, 1.807) is 18.5 Å². The van der Waals surface area contributed by atoms with Crippen molar-refractivity contribution in [3.05, 3.63) is 29.2 Å². The van der Waals surface area contributed by atoms with Crippen LogP contribution in [0.25, 0.3) is 11.1 Å². The lowest BCUT2D eigenvalue weighted by Crippen LogP contribution is -2.40. The van der Waals surface area contributed by atoms with E-state index in [9.17, 15) is 9.59 Å². The van der Waals surface area contributed by atoms with Crippen LogP contribution in [0.3, 0.4) is 0 Å². The molecule has 8 nitrogen and oxygen atoms in total. The van der Waals surface area contributed by atoms with Crippen LogP contribution in [0.4, 0.5) is 5.82 Å². The molecular weight excluding hydrogens is 394 g/mol. The highest BCUT2D eigenvalue weighted by Gasteiger charge is 2.28. The van der Waals surface area contributed by atoms with Crippen LogP contribution in [-0.4, -0.2) is 39.2 Å². The molecule has 1 saturated carbocycles. The lowest BCUT2D eigenvalue weighted by atomic mass is 9.85. The Hall–Kier alpha value is -2.45.